The highest BCUT2D eigenvalue weighted by Crippen LogP contribution is 2.33. The average molecular weight is 390 g/mol. The van der Waals surface area contributed by atoms with E-state index in [4.69, 9.17) is 0 Å². The van der Waals surface area contributed by atoms with Crippen LogP contribution in [0.3, 0.4) is 0 Å². The highest BCUT2D eigenvalue weighted by molar-refractivity contribution is 6.08. The lowest BCUT2D eigenvalue weighted by molar-refractivity contribution is 0.0988. The smallest absolute Gasteiger partial charge is 0.133 e. The van der Waals surface area contributed by atoms with Crippen LogP contribution >= 0.6 is 0 Å². The maximum atomic E-state index is 11.3. The van der Waals surface area contributed by atoms with Gasteiger partial charge in [0.05, 0.1) is 11.0 Å². The molecule has 0 amide bonds. The quantitative estimate of drug-likeness (QED) is 0.367. The maximum Gasteiger partial charge on any atom is 0.133 e. The van der Waals surface area contributed by atoms with Gasteiger partial charge in [-0.3, -0.25) is 0 Å². The molecule has 0 bridgehead atoms. The summed E-state index contributed by atoms with van der Waals surface area (Å²) in [7, 11) is 0. The Bertz CT molecular complexity index is 1420. The van der Waals surface area contributed by atoms with Crippen LogP contribution in [0.15, 0.2) is 97.1 Å². The zero-order valence-electron chi connectivity index (χ0n) is 16.6. The minimum Gasteiger partial charge on any atom is -0.373 e. The fourth-order valence-electron chi connectivity index (χ4n) is 4.89. The molecule has 146 valence electrons. The first-order valence-electron chi connectivity index (χ1n) is 10.4. The summed E-state index contributed by atoms with van der Waals surface area (Å²) in [6.45, 7) is 0.746. The monoisotopic (exact) mass is 390 g/mol. The molecule has 0 saturated heterocycles. The molecule has 0 aliphatic rings. The summed E-state index contributed by atoms with van der Waals surface area (Å²) in [4.78, 5) is 0. The van der Waals surface area contributed by atoms with Crippen molar-refractivity contribution in [2.75, 3.05) is 0 Å². The van der Waals surface area contributed by atoms with Crippen LogP contribution in [0.5, 0.6) is 0 Å². The Morgan fingerprint density at radius 3 is 1.37 bits per heavy atom. The second kappa shape index (κ2) is 6.75. The molecule has 0 radical (unpaired) electrons. The van der Waals surface area contributed by atoms with E-state index in [1.165, 1.54) is 32.6 Å². The minimum absolute atomic E-state index is 0.602. The van der Waals surface area contributed by atoms with Crippen molar-refractivity contribution in [3.63, 3.8) is 0 Å². The standard InChI is InChI=1S/C27H22N2O/c30-27(29-25-15-7-3-11-21(25)22-12-4-8-16-26(22)29)17-18-28-23-13-5-1-9-19(23)20-10-2-6-14-24(20)28/h1-16,27,30H,17-18H2. The number of aliphatic hydroxyl groups is 1. The average Bonchev–Trinajstić information content (AvgIpc) is 3.31. The molecule has 6 rings (SSSR count). The van der Waals surface area contributed by atoms with E-state index >= 15 is 0 Å². The molecular weight excluding hydrogens is 368 g/mol. The van der Waals surface area contributed by atoms with E-state index in [0.29, 0.717) is 6.42 Å². The van der Waals surface area contributed by atoms with E-state index < -0.39 is 6.23 Å². The van der Waals surface area contributed by atoms with Crippen molar-refractivity contribution in [1.29, 1.82) is 0 Å². The van der Waals surface area contributed by atoms with Crippen molar-refractivity contribution in [2.24, 2.45) is 0 Å². The zero-order chi connectivity index (χ0) is 20.1. The van der Waals surface area contributed by atoms with Crippen LogP contribution < -0.4 is 0 Å². The van der Waals surface area contributed by atoms with Gasteiger partial charge in [-0.15, -0.1) is 0 Å². The van der Waals surface area contributed by atoms with Crippen LogP contribution in [-0.2, 0) is 6.54 Å². The molecule has 0 aliphatic heterocycles. The fourth-order valence-corrected chi connectivity index (χ4v) is 4.89. The third-order valence-electron chi connectivity index (χ3n) is 6.21. The molecule has 2 aromatic heterocycles. The number of nitrogens with zero attached hydrogens (tertiary/aromatic N) is 2. The Morgan fingerprint density at radius 1 is 0.533 bits per heavy atom. The molecule has 6 aromatic rings. The number of aromatic nitrogens is 2. The first-order valence-corrected chi connectivity index (χ1v) is 10.4. The van der Waals surface area contributed by atoms with Gasteiger partial charge in [0.1, 0.15) is 6.23 Å². The maximum absolute atomic E-state index is 11.3. The summed E-state index contributed by atoms with van der Waals surface area (Å²) in [6.07, 6.45) is 0.0282. The van der Waals surface area contributed by atoms with Crippen LogP contribution in [0.25, 0.3) is 43.6 Å². The fraction of sp³-hybridized carbons (Fsp3) is 0.111. The number of aryl methyl sites for hydroxylation is 1. The number of hydrogen-bond acceptors (Lipinski definition) is 1. The zero-order valence-corrected chi connectivity index (χ0v) is 16.6. The lowest BCUT2D eigenvalue weighted by Crippen LogP contribution is -2.11. The van der Waals surface area contributed by atoms with Gasteiger partial charge in [0.15, 0.2) is 0 Å². The van der Waals surface area contributed by atoms with Gasteiger partial charge in [-0.25, -0.2) is 0 Å². The van der Waals surface area contributed by atoms with Crippen molar-refractivity contribution in [1.82, 2.24) is 9.13 Å². The third kappa shape index (κ3) is 2.49. The molecule has 2 heterocycles. The molecule has 30 heavy (non-hydrogen) atoms. The first-order chi connectivity index (χ1) is 14.8. The highest BCUT2D eigenvalue weighted by Gasteiger charge is 2.17. The number of aliphatic hydroxyl groups excluding tert-OH is 1. The predicted molar refractivity (Wildman–Crippen MR) is 125 cm³/mol. The Balaban J connectivity index is 1.44. The number of fused-ring (bicyclic) bond motifs is 6. The third-order valence-corrected chi connectivity index (χ3v) is 6.21. The van der Waals surface area contributed by atoms with Crippen molar-refractivity contribution in [3.05, 3.63) is 97.1 Å². The van der Waals surface area contributed by atoms with Crippen molar-refractivity contribution >= 4 is 43.6 Å². The molecule has 0 aliphatic carbocycles. The van der Waals surface area contributed by atoms with Gasteiger partial charge in [-0.1, -0.05) is 72.8 Å². The summed E-state index contributed by atoms with van der Waals surface area (Å²) in [6, 6.07) is 33.7. The number of para-hydroxylation sites is 4. The van der Waals surface area contributed by atoms with E-state index in [1.54, 1.807) is 0 Å². The van der Waals surface area contributed by atoms with Gasteiger partial charge < -0.3 is 14.2 Å². The highest BCUT2D eigenvalue weighted by atomic mass is 16.3. The second-order valence-corrected chi connectivity index (χ2v) is 7.86. The van der Waals surface area contributed by atoms with Gasteiger partial charge in [0, 0.05) is 45.5 Å². The van der Waals surface area contributed by atoms with E-state index in [0.717, 1.165) is 17.6 Å². The van der Waals surface area contributed by atoms with Crippen molar-refractivity contribution < 1.29 is 5.11 Å². The van der Waals surface area contributed by atoms with E-state index in [1.807, 2.05) is 12.1 Å². The summed E-state index contributed by atoms with van der Waals surface area (Å²) in [5, 5.41) is 16.2. The van der Waals surface area contributed by atoms with Crippen LogP contribution in [0.1, 0.15) is 12.6 Å². The summed E-state index contributed by atoms with van der Waals surface area (Å²) in [5.74, 6) is 0. The molecule has 1 N–H and O–H groups in total. The lowest BCUT2D eigenvalue weighted by atomic mass is 10.2. The summed E-state index contributed by atoms with van der Waals surface area (Å²) >= 11 is 0. The Kier molecular flexibility index (Phi) is 3.90. The Morgan fingerprint density at radius 2 is 0.900 bits per heavy atom. The number of benzene rings is 4. The van der Waals surface area contributed by atoms with Gasteiger partial charge in [-0.05, 0) is 24.3 Å². The molecular formula is C27H22N2O. The van der Waals surface area contributed by atoms with Gasteiger partial charge in [-0.2, -0.15) is 0 Å². The molecule has 0 saturated carbocycles. The molecule has 3 heteroatoms. The predicted octanol–water partition coefficient (Wildman–Crippen LogP) is 6.48. The number of hydrogen-bond donors (Lipinski definition) is 1. The van der Waals surface area contributed by atoms with E-state index in [2.05, 4.69) is 94.1 Å². The molecule has 3 nitrogen and oxygen atoms in total. The number of rotatable bonds is 4. The molecule has 1 unspecified atom stereocenters. The van der Waals surface area contributed by atoms with Crippen LogP contribution in [0.2, 0.25) is 0 Å². The largest absolute Gasteiger partial charge is 0.373 e. The Hall–Kier alpha value is -3.56. The van der Waals surface area contributed by atoms with Gasteiger partial charge >= 0.3 is 0 Å². The van der Waals surface area contributed by atoms with E-state index in [-0.39, 0.29) is 0 Å². The molecule has 1 atom stereocenters. The SMILES string of the molecule is OC(CCn1c2ccccc2c2ccccc21)n1c2ccccc2c2ccccc21. The van der Waals surface area contributed by atoms with Gasteiger partial charge in [0.25, 0.3) is 0 Å². The minimum atomic E-state index is -0.602. The Labute approximate surface area is 174 Å². The van der Waals surface area contributed by atoms with Crippen LogP contribution in [0.4, 0.5) is 0 Å². The normalized spacial score (nSPS) is 13.0. The molecule has 4 aromatic carbocycles. The lowest BCUT2D eigenvalue weighted by Gasteiger charge is -2.17. The molecule has 0 spiro atoms. The topological polar surface area (TPSA) is 30.1 Å². The van der Waals surface area contributed by atoms with Crippen LogP contribution in [-0.4, -0.2) is 14.2 Å². The summed E-state index contributed by atoms with van der Waals surface area (Å²) in [5.41, 5.74) is 4.59. The summed E-state index contributed by atoms with van der Waals surface area (Å²) < 4.78 is 4.42. The van der Waals surface area contributed by atoms with Crippen LogP contribution in [0, 0.1) is 0 Å². The van der Waals surface area contributed by atoms with E-state index in [9.17, 15) is 5.11 Å². The van der Waals surface area contributed by atoms with Crippen molar-refractivity contribution in [2.45, 2.75) is 19.2 Å². The first kappa shape index (κ1) is 17.3. The molecule has 0 fully saturated rings. The van der Waals surface area contributed by atoms with Gasteiger partial charge in [0.2, 0.25) is 0 Å². The second-order valence-electron chi connectivity index (χ2n) is 7.86. The van der Waals surface area contributed by atoms with Crippen molar-refractivity contribution in [3.8, 4) is 0 Å².